The molecule has 172 valence electrons. The fourth-order valence-electron chi connectivity index (χ4n) is 4.38. The number of carbonyl (C=O) groups is 1. The van der Waals surface area contributed by atoms with E-state index in [1.165, 1.54) is 23.5 Å². The number of benzene rings is 2. The maximum absolute atomic E-state index is 13.0. The van der Waals surface area contributed by atoms with E-state index in [0.717, 1.165) is 52.0 Å². The average Bonchev–Trinajstić information content (AvgIpc) is 3.25. The van der Waals surface area contributed by atoms with Gasteiger partial charge in [-0.2, -0.15) is 13.2 Å². The summed E-state index contributed by atoms with van der Waals surface area (Å²) >= 11 is 1.48. The summed E-state index contributed by atoms with van der Waals surface area (Å²) in [5.74, 6) is 0.0544. The second kappa shape index (κ2) is 8.14. The largest absolute Gasteiger partial charge is 0.416 e. The molecule has 1 amide bonds. The average molecular weight is 474 g/mol. The molecule has 0 radical (unpaired) electrons. The minimum atomic E-state index is -4.40. The molecule has 1 atom stereocenters. The minimum absolute atomic E-state index is 0.0960. The lowest BCUT2D eigenvalue weighted by molar-refractivity contribution is -0.137. The number of fused-ring (bicyclic) bond motifs is 3. The lowest BCUT2D eigenvalue weighted by Crippen LogP contribution is -2.45. The summed E-state index contributed by atoms with van der Waals surface area (Å²) in [7, 11) is 0. The molecule has 1 fully saturated rings. The number of thiazole rings is 1. The van der Waals surface area contributed by atoms with Gasteiger partial charge in [0, 0.05) is 16.6 Å². The standard InChI is InChI=1S/C24H22F3N3O2S/c1-13-28-22-21(33-13)18-11-15(23(32)29-19(12-31)14-3-2-4-14)5-10-20(18)30(22)17-8-6-16(7-9-17)24(25,26)27/h5-11,14,19,31H,2-4,12H2,1H3,(H,29,32)/t19-/m0/s1. The second-order valence-electron chi connectivity index (χ2n) is 8.45. The van der Waals surface area contributed by atoms with Crippen molar-refractivity contribution in [2.24, 2.45) is 5.92 Å². The van der Waals surface area contributed by atoms with Gasteiger partial charge < -0.3 is 10.4 Å². The Kier molecular flexibility index (Phi) is 5.41. The first-order valence-electron chi connectivity index (χ1n) is 10.8. The van der Waals surface area contributed by atoms with Gasteiger partial charge in [0.1, 0.15) is 0 Å². The SMILES string of the molecule is Cc1nc2c(s1)c1cc(C(=O)N[C@@H](CO)C3CCC3)ccc1n2-c1ccc(C(F)(F)F)cc1. The van der Waals surface area contributed by atoms with Crippen LogP contribution in [-0.4, -0.2) is 33.2 Å². The van der Waals surface area contributed by atoms with Crippen LogP contribution in [0.1, 0.15) is 40.2 Å². The molecule has 2 aromatic carbocycles. The van der Waals surface area contributed by atoms with Crippen molar-refractivity contribution in [3.8, 4) is 5.69 Å². The topological polar surface area (TPSA) is 67.2 Å². The number of aliphatic hydroxyl groups excluding tert-OH is 1. The van der Waals surface area contributed by atoms with E-state index in [1.54, 1.807) is 18.2 Å². The van der Waals surface area contributed by atoms with E-state index < -0.39 is 11.7 Å². The van der Waals surface area contributed by atoms with Crippen molar-refractivity contribution in [2.45, 2.75) is 38.4 Å². The molecule has 2 N–H and O–H groups in total. The zero-order valence-electron chi connectivity index (χ0n) is 17.8. The van der Waals surface area contributed by atoms with Gasteiger partial charge in [0.15, 0.2) is 5.65 Å². The van der Waals surface area contributed by atoms with Crippen LogP contribution in [0.15, 0.2) is 42.5 Å². The fourth-order valence-corrected chi connectivity index (χ4v) is 5.31. The third-order valence-corrected chi connectivity index (χ3v) is 7.35. The first-order valence-corrected chi connectivity index (χ1v) is 11.6. The summed E-state index contributed by atoms with van der Waals surface area (Å²) in [5.41, 5.74) is 1.73. The van der Waals surface area contributed by atoms with E-state index in [9.17, 15) is 23.1 Å². The molecule has 9 heteroatoms. The van der Waals surface area contributed by atoms with E-state index in [4.69, 9.17) is 0 Å². The highest BCUT2D eigenvalue weighted by Gasteiger charge is 2.31. The number of carbonyl (C=O) groups excluding carboxylic acids is 1. The van der Waals surface area contributed by atoms with Crippen molar-refractivity contribution in [1.29, 1.82) is 0 Å². The minimum Gasteiger partial charge on any atom is -0.394 e. The molecule has 2 heterocycles. The van der Waals surface area contributed by atoms with Crippen molar-refractivity contribution in [3.05, 3.63) is 58.6 Å². The normalized spacial score (nSPS) is 15.7. The third kappa shape index (κ3) is 3.89. The summed E-state index contributed by atoms with van der Waals surface area (Å²) < 4.78 is 41.7. The number of alkyl halides is 3. The Morgan fingerprint density at radius 3 is 2.58 bits per heavy atom. The van der Waals surface area contributed by atoms with Crippen molar-refractivity contribution in [2.75, 3.05) is 6.61 Å². The molecule has 2 aromatic heterocycles. The predicted octanol–water partition coefficient (Wildman–Crippen LogP) is 5.46. The maximum Gasteiger partial charge on any atom is 0.416 e. The van der Waals surface area contributed by atoms with Crippen LogP contribution >= 0.6 is 11.3 Å². The van der Waals surface area contributed by atoms with Crippen LogP contribution in [0.3, 0.4) is 0 Å². The third-order valence-electron chi connectivity index (χ3n) is 6.36. The number of nitrogens with one attached hydrogen (secondary N) is 1. The molecule has 1 aliphatic rings. The van der Waals surface area contributed by atoms with Crippen molar-refractivity contribution >= 4 is 38.5 Å². The molecule has 5 rings (SSSR count). The van der Waals surface area contributed by atoms with Crippen LogP contribution in [0.2, 0.25) is 0 Å². The quantitative estimate of drug-likeness (QED) is 0.405. The maximum atomic E-state index is 13.0. The zero-order chi connectivity index (χ0) is 23.3. The lowest BCUT2D eigenvalue weighted by Gasteiger charge is -2.33. The Labute approximate surface area is 191 Å². The second-order valence-corrected chi connectivity index (χ2v) is 9.65. The molecule has 1 aliphatic carbocycles. The fraction of sp³-hybridized carbons (Fsp3) is 0.333. The number of nitrogens with zero attached hydrogens (tertiary/aromatic N) is 2. The van der Waals surface area contributed by atoms with Crippen molar-refractivity contribution in [1.82, 2.24) is 14.9 Å². The smallest absolute Gasteiger partial charge is 0.394 e. The van der Waals surface area contributed by atoms with Gasteiger partial charge in [-0.15, -0.1) is 11.3 Å². The zero-order valence-corrected chi connectivity index (χ0v) is 18.6. The van der Waals surface area contributed by atoms with Gasteiger partial charge in [-0.25, -0.2) is 4.98 Å². The number of aliphatic hydroxyl groups is 1. The van der Waals surface area contributed by atoms with E-state index in [0.29, 0.717) is 22.8 Å². The number of aryl methyl sites for hydroxylation is 1. The number of amides is 1. The summed E-state index contributed by atoms with van der Waals surface area (Å²) in [4.78, 5) is 17.5. The Morgan fingerprint density at radius 1 is 1.24 bits per heavy atom. The van der Waals surface area contributed by atoms with Gasteiger partial charge >= 0.3 is 6.18 Å². The van der Waals surface area contributed by atoms with Crippen LogP contribution in [-0.2, 0) is 6.18 Å². The molecular weight excluding hydrogens is 451 g/mol. The van der Waals surface area contributed by atoms with E-state index in [1.807, 2.05) is 11.5 Å². The van der Waals surface area contributed by atoms with Gasteiger partial charge in [0.25, 0.3) is 5.91 Å². The molecule has 5 nitrogen and oxygen atoms in total. The number of halogens is 3. The Balaban J connectivity index is 1.56. The van der Waals surface area contributed by atoms with E-state index in [2.05, 4.69) is 10.3 Å². The van der Waals surface area contributed by atoms with Gasteiger partial charge in [0.05, 0.1) is 33.4 Å². The first kappa shape index (κ1) is 21.9. The van der Waals surface area contributed by atoms with Crippen molar-refractivity contribution < 1.29 is 23.1 Å². The molecule has 33 heavy (non-hydrogen) atoms. The highest BCUT2D eigenvalue weighted by molar-refractivity contribution is 7.19. The summed E-state index contributed by atoms with van der Waals surface area (Å²) in [6.45, 7) is 1.77. The van der Waals surface area contributed by atoms with Gasteiger partial charge in [-0.1, -0.05) is 6.42 Å². The molecule has 0 saturated heterocycles. The number of aromatic nitrogens is 2. The van der Waals surface area contributed by atoms with Crippen LogP contribution in [0, 0.1) is 12.8 Å². The lowest BCUT2D eigenvalue weighted by atomic mass is 9.80. The highest BCUT2D eigenvalue weighted by Crippen LogP contribution is 2.37. The summed E-state index contributed by atoms with van der Waals surface area (Å²) in [5, 5.41) is 14.3. The Hall–Kier alpha value is -2.91. The van der Waals surface area contributed by atoms with Gasteiger partial charge in [-0.3, -0.25) is 9.36 Å². The molecule has 0 spiro atoms. The molecule has 4 aromatic rings. The van der Waals surface area contributed by atoms with Gasteiger partial charge in [0.2, 0.25) is 0 Å². The highest BCUT2D eigenvalue weighted by atomic mass is 32.1. The Morgan fingerprint density at radius 2 is 1.97 bits per heavy atom. The Bertz CT molecular complexity index is 1340. The first-order chi connectivity index (χ1) is 15.8. The molecule has 1 saturated carbocycles. The molecular formula is C24H22F3N3O2S. The molecule has 0 bridgehead atoms. The van der Waals surface area contributed by atoms with Crippen LogP contribution in [0.4, 0.5) is 13.2 Å². The summed E-state index contributed by atoms with van der Waals surface area (Å²) in [6, 6.07) is 10.0. The van der Waals surface area contributed by atoms with Crippen LogP contribution in [0.5, 0.6) is 0 Å². The van der Waals surface area contributed by atoms with E-state index >= 15 is 0 Å². The summed E-state index contributed by atoms with van der Waals surface area (Å²) in [6.07, 6.45) is -1.29. The monoisotopic (exact) mass is 473 g/mol. The number of rotatable bonds is 5. The van der Waals surface area contributed by atoms with E-state index in [-0.39, 0.29) is 18.6 Å². The molecule has 0 unspecified atom stereocenters. The number of hydrogen-bond donors (Lipinski definition) is 2. The van der Waals surface area contributed by atoms with Gasteiger partial charge in [-0.05, 0) is 68.1 Å². The number of hydrogen-bond acceptors (Lipinski definition) is 4. The van der Waals surface area contributed by atoms with Crippen LogP contribution in [0.25, 0.3) is 26.9 Å². The van der Waals surface area contributed by atoms with Crippen molar-refractivity contribution in [3.63, 3.8) is 0 Å². The predicted molar refractivity (Wildman–Crippen MR) is 122 cm³/mol. The molecule has 0 aliphatic heterocycles. The van der Waals surface area contributed by atoms with Crippen LogP contribution < -0.4 is 5.32 Å².